The van der Waals surface area contributed by atoms with Gasteiger partial charge in [-0.05, 0) is 25.0 Å². The van der Waals surface area contributed by atoms with Crippen LogP contribution in [0.5, 0.6) is 5.75 Å². The van der Waals surface area contributed by atoms with Crippen molar-refractivity contribution in [2.75, 3.05) is 0 Å². The van der Waals surface area contributed by atoms with Crippen LogP contribution in [0.15, 0.2) is 24.3 Å². The average molecular weight is 206 g/mol. The molecule has 0 heterocycles. The fraction of sp³-hybridized carbons (Fsp3) is 0.462. The van der Waals surface area contributed by atoms with E-state index in [-0.39, 0.29) is 17.5 Å². The van der Waals surface area contributed by atoms with Crippen LogP contribution in [0.25, 0.3) is 0 Å². The summed E-state index contributed by atoms with van der Waals surface area (Å²) in [5, 5.41) is 9.29. The average Bonchev–Trinajstić information content (AvgIpc) is 2.25. The lowest BCUT2D eigenvalue weighted by molar-refractivity contribution is 0.0909. The monoisotopic (exact) mass is 206 g/mol. The number of phenolic OH excluding ortho intramolecular Hbond substituents is 1. The predicted molar refractivity (Wildman–Crippen MR) is 61.1 cm³/mol. The van der Waals surface area contributed by atoms with Gasteiger partial charge in [0.25, 0.3) is 0 Å². The lowest BCUT2D eigenvalue weighted by Crippen LogP contribution is -2.13. The van der Waals surface area contributed by atoms with Gasteiger partial charge in [0.15, 0.2) is 5.78 Å². The van der Waals surface area contributed by atoms with Gasteiger partial charge in [0, 0.05) is 11.5 Å². The van der Waals surface area contributed by atoms with Crippen LogP contribution in [0.2, 0.25) is 0 Å². The van der Waals surface area contributed by atoms with Gasteiger partial charge in [-0.3, -0.25) is 4.79 Å². The van der Waals surface area contributed by atoms with Crippen molar-refractivity contribution in [3.63, 3.8) is 0 Å². The molecular weight excluding hydrogens is 188 g/mol. The molecule has 0 fully saturated rings. The highest BCUT2D eigenvalue weighted by molar-refractivity contribution is 5.98. The number of rotatable bonds is 5. The fourth-order valence-corrected chi connectivity index (χ4v) is 1.76. The number of hydrogen-bond donors (Lipinski definition) is 1. The lowest BCUT2D eigenvalue weighted by atomic mass is 9.91. The molecule has 0 radical (unpaired) electrons. The molecule has 82 valence electrons. The SMILES string of the molecule is CCCC(CC)C(=O)c1cccc(O)c1. The molecule has 1 aromatic rings. The summed E-state index contributed by atoms with van der Waals surface area (Å²) in [6.07, 6.45) is 2.80. The molecule has 0 spiro atoms. The van der Waals surface area contributed by atoms with Crippen LogP contribution in [0.3, 0.4) is 0 Å². The molecule has 1 rings (SSSR count). The zero-order chi connectivity index (χ0) is 11.3. The quantitative estimate of drug-likeness (QED) is 0.750. The van der Waals surface area contributed by atoms with Gasteiger partial charge in [0.1, 0.15) is 5.75 Å². The molecule has 0 aliphatic rings. The van der Waals surface area contributed by atoms with E-state index >= 15 is 0 Å². The maximum absolute atomic E-state index is 12.0. The first kappa shape index (κ1) is 11.8. The fourth-order valence-electron chi connectivity index (χ4n) is 1.76. The summed E-state index contributed by atoms with van der Waals surface area (Å²) < 4.78 is 0. The van der Waals surface area contributed by atoms with E-state index < -0.39 is 0 Å². The molecule has 2 heteroatoms. The van der Waals surface area contributed by atoms with Crippen molar-refractivity contribution >= 4 is 5.78 Å². The first-order valence-electron chi connectivity index (χ1n) is 5.52. The second-order valence-electron chi connectivity index (χ2n) is 3.81. The highest BCUT2D eigenvalue weighted by Crippen LogP contribution is 2.20. The number of Topliss-reactive ketones (excluding diaryl/α,β-unsaturated/α-hetero) is 1. The number of carbonyl (C=O) groups excluding carboxylic acids is 1. The minimum atomic E-state index is 0.0943. The van der Waals surface area contributed by atoms with Crippen molar-refractivity contribution in [1.29, 1.82) is 0 Å². The van der Waals surface area contributed by atoms with Crippen LogP contribution in [0.1, 0.15) is 43.5 Å². The summed E-state index contributed by atoms with van der Waals surface area (Å²) in [5.74, 6) is 0.402. The summed E-state index contributed by atoms with van der Waals surface area (Å²) in [4.78, 5) is 12.0. The number of benzene rings is 1. The van der Waals surface area contributed by atoms with Crippen LogP contribution < -0.4 is 0 Å². The van der Waals surface area contributed by atoms with Crippen LogP contribution >= 0.6 is 0 Å². The molecule has 15 heavy (non-hydrogen) atoms. The molecule has 1 aromatic carbocycles. The predicted octanol–water partition coefficient (Wildman–Crippen LogP) is 3.40. The number of ketones is 1. The van der Waals surface area contributed by atoms with E-state index in [1.807, 2.05) is 6.92 Å². The Labute approximate surface area is 90.9 Å². The second-order valence-corrected chi connectivity index (χ2v) is 3.81. The van der Waals surface area contributed by atoms with E-state index in [1.54, 1.807) is 24.3 Å². The molecule has 0 saturated carbocycles. The molecule has 0 aromatic heterocycles. The van der Waals surface area contributed by atoms with Crippen molar-refractivity contribution in [3.05, 3.63) is 29.8 Å². The van der Waals surface area contributed by atoms with Gasteiger partial charge in [-0.1, -0.05) is 32.4 Å². The first-order valence-corrected chi connectivity index (χ1v) is 5.52. The molecule has 1 unspecified atom stereocenters. The Bertz CT molecular complexity index is 331. The molecule has 0 aliphatic carbocycles. The molecule has 1 atom stereocenters. The Morgan fingerprint density at radius 1 is 1.40 bits per heavy atom. The second kappa shape index (κ2) is 5.54. The molecule has 0 amide bonds. The van der Waals surface area contributed by atoms with E-state index in [2.05, 4.69) is 6.92 Å². The van der Waals surface area contributed by atoms with Crippen LogP contribution in [-0.4, -0.2) is 10.9 Å². The van der Waals surface area contributed by atoms with Crippen molar-refractivity contribution in [2.24, 2.45) is 5.92 Å². The number of phenols is 1. The van der Waals surface area contributed by atoms with E-state index in [1.165, 1.54) is 0 Å². The van der Waals surface area contributed by atoms with Crippen LogP contribution in [0, 0.1) is 5.92 Å². The third-order valence-electron chi connectivity index (χ3n) is 2.63. The van der Waals surface area contributed by atoms with Crippen LogP contribution in [0.4, 0.5) is 0 Å². The van der Waals surface area contributed by atoms with E-state index in [9.17, 15) is 9.90 Å². The highest BCUT2D eigenvalue weighted by atomic mass is 16.3. The number of aromatic hydroxyl groups is 1. The zero-order valence-electron chi connectivity index (χ0n) is 9.36. The maximum Gasteiger partial charge on any atom is 0.166 e. The van der Waals surface area contributed by atoms with E-state index in [0.29, 0.717) is 5.56 Å². The standard InChI is InChI=1S/C13H18O2/c1-3-6-10(4-2)13(15)11-7-5-8-12(14)9-11/h5,7-10,14H,3-4,6H2,1-2H3. The molecule has 0 aliphatic heterocycles. The Kier molecular flexibility index (Phi) is 4.35. The Morgan fingerprint density at radius 3 is 2.67 bits per heavy atom. The summed E-state index contributed by atoms with van der Waals surface area (Å²) in [5.41, 5.74) is 0.621. The van der Waals surface area contributed by atoms with Gasteiger partial charge in [0.05, 0.1) is 0 Å². The van der Waals surface area contributed by atoms with Gasteiger partial charge in [-0.15, -0.1) is 0 Å². The largest absolute Gasteiger partial charge is 0.508 e. The van der Waals surface area contributed by atoms with Gasteiger partial charge in [0.2, 0.25) is 0 Å². The van der Waals surface area contributed by atoms with Crippen molar-refractivity contribution in [3.8, 4) is 5.75 Å². The summed E-state index contributed by atoms with van der Waals surface area (Å²) in [6, 6.07) is 6.60. The summed E-state index contributed by atoms with van der Waals surface area (Å²) in [6.45, 7) is 4.11. The zero-order valence-corrected chi connectivity index (χ0v) is 9.36. The maximum atomic E-state index is 12.0. The van der Waals surface area contributed by atoms with E-state index in [0.717, 1.165) is 19.3 Å². The molecule has 1 N–H and O–H groups in total. The Hall–Kier alpha value is -1.31. The highest BCUT2D eigenvalue weighted by Gasteiger charge is 2.17. The smallest absolute Gasteiger partial charge is 0.166 e. The third-order valence-corrected chi connectivity index (χ3v) is 2.63. The minimum Gasteiger partial charge on any atom is -0.508 e. The lowest BCUT2D eigenvalue weighted by Gasteiger charge is -2.12. The van der Waals surface area contributed by atoms with Gasteiger partial charge in [-0.2, -0.15) is 0 Å². The number of hydrogen-bond acceptors (Lipinski definition) is 2. The Balaban J connectivity index is 2.82. The summed E-state index contributed by atoms with van der Waals surface area (Å²) in [7, 11) is 0. The normalized spacial score (nSPS) is 12.4. The molecule has 0 saturated heterocycles. The van der Waals surface area contributed by atoms with Crippen molar-refractivity contribution in [2.45, 2.75) is 33.1 Å². The third kappa shape index (κ3) is 3.08. The molecule has 2 nitrogen and oxygen atoms in total. The van der Waals surface area contributed by atoms with Crippen molar-refractivity contribution in [1.82, 2.24) is 0 Å². The minimum absolute atomic E-state index is 0.0943. The number of carbonyl (C=O) groups is 1. The molecular formula is C13H18O2. The topological polar surface area (TPSA) is 37.3 Å². The van der Waals surface area contributed by atoms with Gasteiger partial charge < -0.3 is 5.11 Å². The Morgan fingerprint density at radius 2 is 2.13 bits per heavy atom. The first-order chi connectivity index (χ1) is 7.19. The van der Waals surface area contributed by atoms with Crippen molar-refractivity contribution < 1.29 is 9.90 Å². The van der Waals surface area contributed by atoms with Crippen LogP contribution in [-0.2, 0) is 0 Å². The van der Waals surface area contributed by atoms with Gasteiger partial charge in [-0.25, -0.2) is 0 Å². The van der Waals surface area contributed by atoms with Gasteiger partial charge >= 0.3 is 0 Å². The summed E-state index contributed by atoms with van der Waals surface area (Å²) >= 11 is 0. The molecule has 0 bridgehead atoms. The van der Waals surface area contributed by atoms with E-state index in [4.69, 9.17) is 0 Å².